The summed E-state index contributed by atoms with van der Waals surface area (Å²) in [7, 11) is 0. The monoisotopic (exact) mass is 474 g/mol. The van der Waals surface area contributed by atoms with Crippen molar-refractivity contribution < 1.29 is 29.0 Å². The van der Waals surface area contributed by atoms with Gasteiger partial charge in [0.2, 0.25) is 11.8 Å². The number of esters is 1. The minimum absolute atomic E-state index is 0.235. The van der Waals surface area contributed by atoms with Gasteiger partial charge in [-0.05, 0) is 53.4 Å². The first-order valence-corrected chi connectivity index (χ1v) is 12.5. The van der Waals surface area contributed by atoms with Crippen molar-refractivity contribution in [1.82, 2.24) is 9.80 Å². The zero-order valence-electron chi connectivity index (χ0n) is 21.0. The average Bonchev–Trinajstić information content (AvgIpc) is 3.14. The van der Waals surface area contributed by atoms with Gasteiger partial charge in [-0.25, -0.2) is 0 Å². The molecule has 8 nitrogen and oxygen atoms in total. The molecule has 188 valence electrons. The predicted molar refractivity (Wildman–Crippen MR) is 126 cm³/mol. The molecule has 2 fully saturated rings. The van der Waals surface area contributed by atoms with Gasteiger partial charge in [0.1, 0.15) is 23.2 Å². The first kappa shape index (κ1) is 24.9. The van der Waals surface area contributed by atoms with Crippen LogP contribution in [0.5, 0.6) is 0 Å². The number of nitrogens with zero attached hydrogens (tertiary/aromatic N) is 2. The molecule has 0 aromatic heterocycles. The van der Waals surface area contributed by atoms with E-state index < -0.39 is 46.6 Å². The van der Waals surface area contributed by atoms with Gasteiger partial charge in [-0.1, -0.05) is 31.2 Å². The molecule has 0 aliphatic carbocycles. The van der Waals surface area contributed by atoms with Crippen LogP contribution in [-0.2, 0) is 23.9 Å². The Labute approximate surface area is 201 Å². The Morgan fingerprint density at radius 1 is 1.12 bits per heavy atom. The first-order chi connectivity index (χ1) is 16.0. The minimum Gasteiger partial charge on any atom is -0.465 e. The molecule has 2 amide bonds. The van der Waals surface area contributed by atoms with E-state index in [0.717, 1.165) is 19.3 Å². The standard InChI is InChI=1S/C26H38N2O6/c1-6-25-12-9-7-8-10-15-33-23(32)19(25)18-21(30)28(17(2)16-29)20-22(31)27(24(3,4)5)14-11-13-26(18,20)34-25/h9,11-13,17-20,29H,6-8,10,14-16H2,1-5H3/b12-9-/t17-,18+,19-,20?,25+,26+/m1/s1. The van der Waals surface area contributed by atoms with E-state index in [1.807, 2.05) is 52.0 Å². The van der Waals surface area contributed by atoms with Crippen LogP contribution in [0.25, 0.3) is 0 Å². The number of allylic oxidation sites excluding steroid dienone is 1. The lowest BCUT2D eigenvalue weighted by Gasteiger charge is -2.42. The topological polar surface area (TPSA) is 96.4 Å². The molecule has 0 radical (unpaired) electrons. The number of carbonyl (C=O) groups excluding carboxylic acids is 3. The van der Waals surface area contributed by atoms with Crippen molar-refractivity contribution in [3.05, 3.63) is 24.3 Å². The summed E-state index contributed by atoms with van der Waals surface area (Å²) in [6, 6.07) is -1.59. The van der Waals surface area contributed by atoms with Gasteiger partial charge in [0, 0.05) is 12.1 Å². The van der Waals surface area contributed by atoms with Gasteiger partial charge >= 0.3 is 5.97 Å². The maximum atomic E-state index is 14.1. The van der Waals surface area contributed by atoms with Gasteiger partial charge in [-0.3, -0.25) is 14.4 Å². The number of carbonyl (C=O) groups is 3. The van der Waals surface area contributed by atoms with Crippen molar-refractivity contribution in [2.24, 2.45) is 11.8 Å². The van der Waals surface area contributed by atoms with Crippen LogP contribution in [0.4, 0.5) is 0 Å². The molecule has 2 saturated heterocycles. The van der Waals surface area contributed by atoms with Crippen molar-refractivity contribution in [3.8, 4) is 0 Å². The number of cyclic esters (lactones) is 1. The number of likely N-dealkylation sites (tertiary alicyclic amines) is 1. The van der Waals surface area contributed by atoms with Crippen molar-refractivity contribution >= 4 is 17.8 Å². The molecule has 1 spiro atoms. The second-order valence-electron chi connectivity index (χ2n) is 11.0. The van der Waals surface area contributed by atoms with Crippen molar-refractivity contribution in [3.63, 3.8) is 0 Å². The lowest BCUT2D eigenvalue weighted by Crippen LogP contribution is -2.60. The summed E-state index contributed by atoms with van der Waals surface area (Å²) in [4.78, 5) is 44.9. The molecule has 8 heteroatoms. The molecule has 0 bridgehead atoms. The average molecular weight is 475 g/mol. The van der Waals surface area contributed by atoms with Crippen LogP contribution in [0.2, 0.25) is 0 Å². The molecule has 6 atom stereocenters. The van der Waals surface area contributed by atoms with Crippen LogP contribution >= 0.6 is 0 Å². The summed E-state index contributed by atoms with van der Waals surface area (Å²) < 4.78 is 12.5. The van der Waals surface area contributed by atoms with Gasteiger partial charge in [0.05, 0.1) is 25.2 Å². The Morgan fingerprint density at radius 3 is 2.50 bits per heavy atom. The smallest absolute Gasteiger partial charge is 0.313 e. The molecule has 0 saturated carbocycles. The molecule has 1 N–H and O–H groups in total. The maximum Gasteiger partial charge on any atom is 0.313 e. The SMILES string of the molecule is CC[C@]12/C=C\CCCCOC(=O)[C@H]1[C@H]1C(=O)N([C@H](C)CO)C3C(=O)N(C(C)(C)C)CC=C[C@@]31O2. The third-order valence-corrected chi connectivity index (χ3v) is 7.87. The van der Waals surface area contributed by atoms with Gasteiger partial charge in [-0.15, -0.1) is 0 Å². The molecule has 4 aliphatic rings. The molecule has 4 aliphatic heterocycles. The molecule has 0 aromatic rings. The number of aliphatic hydroxyl groups excluding tert-OH is 1. The quantitative estimate of drug-likeness (QED) is 0.498. The van der Waals surface area contributed by atoms with Crippen LogP contribution in [0, 0.1) is 11.8 Å². The molecular weight excluding hydrogens is 436 g/mol. The van der Waals surface area contributed by atoms with E-state index in [0.29, 0.717) is 19.6 Å². The summed E-state index contributed by atoms with van der Waals surface area (Å²) in [6.45, 7) is 9.88. The highest BCUT2D eigenvalue weighted by Crippen LogP contribution is 2.58. The van der Waals surface area contributed by atoms with Crippen molar-refractivity contribution in [1.29, 1.82) is 0 Å². The summed E-state index contributed by atoms with van der Waals surface area (Å²) in [6.07, 6.45) is 10.6. The van der Waals surface area contributed by atoms with Crippen molar-refractivity contribution in [2.75, 3.05) is 19.8 Å². The van der Waals surface area contributed by atoms with Crippen LogP contribution < -0.4 is 0 Å². The Balaban J connectivity index is 1.93. The first-order valence-electron chi connectivity index (χ1n) is 12.5. The summed E-state index contributed by atoms with van der Waals surface area (Å²) in [5, 5.41) is 10.00. The van der Waals surface area contributed by atoms with Gasteiger partial charge in [0.15, 0.2) is 0 Å². The highest BCUT2D eigenvalue weighted by Gasteiger charge is 2.75. The summed E-state index contributed by atoms with van der Waals surface area (Å²) in [5.74, 6) is -2.83. The maximum absolute atomic E-state index is 14.1. The Bertz CT molecular complexity index is 907. The summed E-state index contributed by atoms with van der Waals surface area (Å²) in [5.41, 5.74) is -2.86. The number of fused-ring (bicyclic) bond motifs is 2. The minimum atomic E-state index is -1.32. The number of amides is 2. The molecule has 34 heavy (non-hydrogen) atoms. The Hall–Kier alpha value is -2.19. The van der Waals surface area contributed by atoms with Gasteiger partial charge < -0.3 is 24.4 Å². The fourth-order valence-corrected chi connectivity index (χ4v) is 6.14. The van der Waals surface area contributed by atoms with Crippen molar-refractivity contribution in [2.45, 2.75) is 89.1 Å². The number of hydrogen-bond acceptors (Lipinski definition) is 6. The van der Waals surface area contributed by atoms with E-state index >= 15 is 0 Å². The molecule has 1 unspecified atom stereocenters. The van der Waals surface area contributed by atoms with E-state index in [2.05, 4.69) is 0 Å². The van der Waals surface area contributed by atoms with E-state index in [9.17, 15) is 19.5 Å². The van der Waals surface area contributed by atoms with Crippen LogP contribution in [-0.4, -0.2) is 81.3 Å². The number of rotatable bonds is 3. The Kier molecular flexibility index (Phi) is 6.44. The zero-order chi connectivity index (χ0) is 24.9. The molecule has 4 rings (SSSR count). The second kappa shape index (κ2) is 8.79. The highest BCUT2D eigenvalue weighted by molar-refractivity contribution is 5.99. The van der Waals surface area contributed by atoms with Gasteiger partial charge in [-0.2, -0.15) is 0 Å². The molecular formula is C26H38N2O6. The van der Waals surface area contributed by atoms with E-state index in [-0.39, 0.29) is 18.4 Å². The predicted octanol–water partition coefficient (Wildman–Crippen LogP) is 2.21. The second-order valence-corrected chi connectivity index (χ2v) is 11.0. The third kappa shape index (κ3) is 3.61. The Morgan fingerprint density at radius 2 is 1.85 bits per heavy atom. The number of ether oxygens (including phenoxy) is 2. The fraction of sp³-hybridized carbons (Fsp3) is 0.731. The third-order valence-electron chi connectivity index (χ3n) is 7.87. The van der Waals surface area contributed by atoms with Crippen LogP contribution in [0.3, 0.4) is 0 Å². The zero-order valence-corrected chi connectivity index (χ0v) is 21.0. The summed E-state index contributed by atoms with van der Waals surface area (Å²) >= 11 is 0. The fourth-order valence-electron chi connectivity index (χ4n) is 6.14. The highest BCUT2D eigenvalue weighted by atomic mass is 16.6. The normalized spacial score (nSPS) is 38.1. The lowest BCUT2D eigenvalue weighted by atomic mass is 9.73. The number of hydrogen-bond donors (Lipinski definition) is 1. The number of aliphatic hydroxyl groups is 1. The molecule has 4 heterocycles. The van der Waals surface area contributed by atoms with Crippen LogP contribution in [0.15, 0.2) is 24.3 Å². The van der Waals surface area contributed by atoms with E-state index in [1.165, 1.54) is 4.90 Å². The molecule has 0 aromatic carbocycles. The van der Waals surface area contributed by atoms with E-state index in [4.69, 9.17) is 9.47 Å². The van der Waals surface area contributed by atoms with Crippen LogP contribution in [0.1, 0.15) is 60.3 Å². The largest absolute Gasteiger partial charge is 0.465 e. The lowest BCUT2D eigenvalue weighted by molar-refractivity contribution is -0.164. The van der Waals surface area contributed by atoms with Gasteiger partial charge in [0.25, 0.3) is 0 Å². The van der Waals surface area contributed by atoms with E-state index in [1.54, 1.807) is 11.8 Å².